The summed E-state index contributed by atoms with van der Waals surface area (Å²) < 4.78 is 0.857. The van der Waals surface area contributed by atoms with Crippen LogP contribution in [0, 0.1) is 5.21 Å². The third-order valence-corrected chi connectivity index (χ3v) is 2.52. The van der Waals surface area contributed by atoms with Gasteiger partial charge in [-0.2, -0.15) is 4.74 Å². The van der Waals surface area contributed by atoms with Crippen LogP contribution in [0.1, 0.15) is 11.1 Å². The molecule has 2 aromatic carbocycles. The van der Waals surface area contributed by atoms with E-state index in [1.807, 2.05) is 42.5 Å². The highest BCUT2D eigenvalue weighted by molar-refractivity contribution is 5.83. The van der Waals surface area contributed by atoms with E-state index in [2.05, 4.69) is 12.3 Å². The summed E-state index contributed by atoms with van der Waals surface area (Å²) in [4.78, 5) is 0. The molecule has 0 aliphatic heterocycles. The second-order valence-electron chi connectivity index (χ2n) is 3.77. The van der Waals surface area contributed by atoms with Crippen LogP contribution >= 0.6 is 0 Å². The molecular formula is C16H13NO. The van der Waals surface area contributed by atoms with Crippen molar-refractivity contribution in [1.29, 1.82) is 0 Å². The molecule has 0 aliphatic carbocycles. The minimum absolute atomic E-state index is 0.606. The van der Waals surface area contributed by atoms with Crippen LogP contribution in [0.5, 0.6) is 0 Å². The van der Waals surface area contributed by atoms with Crippen molar-refractivity contribution in [1.82, 2.24) is 0 Å². The molecule has 2 rings (SSSR count). The Kier molecular flexibility index (Phi) is 3.75. The largest absolute Gasteiger partial charge is 0.618 e. The van der Waals surface area contributed by atoms with Crippen molar-refractivity contribution >= 4 is 18.0 Å². The van der Waals surface area contributed by atoms with E-state index in [9.17, 15) is 5.21 Å². The van der Waals surface area contributed by atoms with E-state index in [1.54, 1.807) is 24.4 Å². The van der Waals surface area contributed by atoms with Crippen LogP contribution in [0.15, 0.2) is 66.9 Å². The minimum Gasteiger partial charge on any atom is -0.618 e. The van der Waals surface area contributed by atoms with Gasteiger partial charge in [0, 0.05) is 17.7 Å². The molecule has 0 bridgehead atoms. The standard InChI is InChI=1S/C16H13NO/c1-2-8-14-9-6-7-10-15(14)13-17(18)16-11-4-3-5-12-16/h3-13H,1H2/b17-13-. The molecule has 0 unspecified atom stereocenters. The van der Waals surface area contributed by atoms with Gasteiger partial charge in [-0.05, 0) is 17.7 Å². The van der Waals surface area contributed by atoms with Gasteiger partial charge in [-0.25, -0.2) is 0 Å². The quantitative estimate of drug-likeness (QED) is 0.261. The van der Waals surface area contributed by atoms with Crippen LogP contribution < -0.4 is 0 Å². The van der Waals surface area contributed by atoms with Crippen LogP contribution in [-0.2, 0) is 0 Å². The van der Waals surface area contributed by atoms with Gasteiger partial charge in [-0.15, -0.1) is 5.73 Å². The molecule has 2 nitrogen and oxygen atoms in total. The summed E-state index contributed by atoms with van der Waals surface area (Å²) >= 11 is 0. The van der Waals surface area contributed by atoms with Crippen LogP contribution in [0.3, 0.4) is 0 Å². The Bertz CT molecular complexity index is 608. The third-order valence-electron chi connectivity index (χ3n) is 2.52. The zero-order valence-corrected chi connectivity index (χ0v) is 9.91. The minimum atomic E-state index is 0.606. The molecule has 0 atom stereocenters. The van der Waals surface area contributed by atoms with Crippen LogP contribution in [0.25, 0.3) is 6.08 Å². The highest BCUT2D eigenvalue weighted by atomic mass is 16.5. The number of nitrogens with zero attached hydrogens (tertiary/aromatic N) is 1. The van der Waals surface area contributed by atoms with Crippen molar-refractivity contribution in [2.24, 2.45) is 0 Å². The number of rotatable bonds is 3. The maximum absolute atomic E-state index is 12.0. The second kappa shape index (κ2) is 5.67. The van der Waals surface area contributed by atoms with Crippen molar-refractivity contribution in [3.8, 4) is 0 Å². The summed E-state index contributed by atoms with van der Waals surface area (Å²) in [6.45, 7) is 3.55. The van der Waals surface area contributed by atoms with Gasteiger partial charge in [0.15, 0.2) is 6.21 Å². The van der Waals surface area contributed by atoms with Gasteiger partial charge in [0.2, 0.25) is 5.69 Å². The Morgan fingerprint density at radius 2 is 1.56 bits per heavy atom. The molecule has 0 aromatic heterocycles. The van der Waals surface area contributed by atoms with Crippen molar-refractivity contribution < 1.29 is 4.74 Å². The van der Waals surface area contributed by atoms with E-state index < -0.39 is 0 Å². The van der Waals surface area contributed by atoms with Gasteiger partial charge in [-0.1, -0.05) is 43.0 Å². The van der Waals surface area contributed by atoms with Crippen molar-refractivity contribution in [3.05, 3.63) is 83.2 Å². The number of benzene rings is 2. The molecule has 0 fully saturated rings. The smallest absolute Gasteiger partial charge is 0.216 e. The summed E-state index contributed by atoms with van der Waals surface area (Å²) in [6, 6.07) is 16.7. The lowest BCUT2D eigenvalue weighted by atomic mass is 10.1. The van der Waals surface area contributed by atoms with Gasteiger partial charge in [0.1, 0.15) is 0 Å². The monoisotopic (exact) mass is 235 g/mol. The molecule has 2 heteroatoms. The molecule has 0 saturated carbocycles. The topological polar surface area (TPSA) is 26.1 Å². The van der Waals surface area contributed by atoms with E-state index in [0.717, 1.165) is 15.9 Å². The maximum atomic E-state index is 12.0. The Morgan fingerprint density at radius 3 is 2.22 bits per heavy atom. The lowest BCUT2D eigenvalue weighted by Crippen LogP contribution is -1.99. The van der Waals surface area contributed by atoms with Crippen molar-refractivity contribution in [2.75, 3.05) is 0 Å². The molecule has 0 N–H and O–H groups in total. The number of hydrogen-bond donors (Lipinski definition) is 0. The van der Waals surface area contributed by atoms with Crippen molar-refractivity contribution in [2.45, 2.75) is 0 Å². The molecule has 2 aromatic rings. The predicted molar refractivity (Wildman–Crippen MR) is 74.9 cm³/mol. The number of para-hydroxylation sites is 1. The highest BCUT2D eigenvalue weighted by Gasteiger charge is 2.02. The van der Waals surface area contributed by atoms with Crippen LogP contribution in [0.4, 0.5) is 5.69 Å². The first kappa shape index (κ1) is 11.9. The highest BCUT2D eigenvalue weighted by Crippen LogP contribution is 2.12. The van der Waals surface area contributed by atoms with E-state index in [0.29, 0.717) is 5.69 Å². The van der Waals surface area contributed by atoms with E-state index in [1.165, 1.54) is 0 Å². The zero-order valence-electron chi connectivity index (χ0n) is 9.91. The molecular weight excluding hydrogens is 222 g/mol. The summed E-state index contributed by atoms with van der Waals surface area (Å²) in [6.07, 6.45) is 3.31. The van der Waals surface area contributed by atoms with Gasteiger partial charge in [-0.3, -0.25) is 0 Å². The Morgan fingerprint density at radius 1 is 0.944 bits per heavy atom. The molecule has 0 saturated heterocycles. The molecule has 0 amide bonds. The third kappa shape index (κ3) is 2.76. The lowest BCUT2D eigenvalue weighted by molar-refractivity contribution is -0.354. The summed E-state index contributed by atoms with van der Waals surface area (Å²) in [5, 5.41) is 12.0. The first-order chi connectivity index (χ1) is 8.81. The Labute approximate surface area is 106 Å². The normalized spacial score (nSPS) is 10.8. The van der Waals surface area contributed by atoms with Gasteiger partial charge >= 0.3 is 0 Å². The summed E-state index contributed by atoms with van der Waals surface area (Å²) in [5.41, 5.74) is 5.09. The SMILES string of the molecule is C=C=Cc1ccccc1/C=[N+](\[O-])c1ccccc1. The molecule has 18 heavy (non-hydrogen) atoms. The lowest BCUT2D eigenvalue weighted by Gasteiger charge is -2.03. The van der Waals surface area contributed by atoms with Gasteiger partial charge < -0.3 is 5.21 Å². The van der Waals surface area contributed by atoms with E-state index in [-0.39, 0.29) is 0 Å². The fourth-order valence-electron chi connectivity index (χ4n) is 1.65. The van der Waals surface area contributed by atoms with Gasteiger partial charge in [0.25, 0.3) is 0 Å². The fraction of sp³-hybridized carbons (Fsp3) is 0. The molecule has 0 heterocycles. The van der Waals surface area contributed by atoms with Crippen molar-refractivity contribution in [3.63, 3.8) is 0 Å². The average molecular weight is 235 g/mol. The Balaban J connectivity index is 2.42. The van der Waals surface area contributed by atoms with Crippen LogP contribution in [-0.4, -0.2) is 11.0 Å². The van der Waals surface area contributed by atoms with Crippen LogP contribution in [0.2, 0.25) is 0 Å². The average Bonchev–Trinajstić information content (AvgIpc) is 2.42. The molecule has 0 spiro atoms. The first-order valence-electron chi connectivity index (χ1n) is 5.62. The fourth-order valence-corrected chi connectivity index (χ4v) is 1.65. The summed E-state index contributed by atoms with van der Waals surface area (Å²) in [5.74, 6) is 0. The first-order valence-corrected chi connectivity index (χ1v) is 5.62. The predicted octanol–water partition coefficient (Wildman–Crippen LogP) is 3.75. The molecule has 88 valence electrons. The second-order valence-corrected chi connectivity index (χ2v) is 3.77. The Hall–Kier alpha value is -2.57. The van der Waals surface area contributed by atoms with E-state index >= 15 is 0 Å². The number of hydrogen-bond acceptors (Lipinski definition) is 1. The van der Waals surface area contributed by atoms with E-state index in [4.69, 9.17) is 0 Å². The maximum Gasteiger partial charge on any atom is 0.216 e. The molecule has 0 radical (unpaired) electrons. The molecule has 0 aliphatic rings. The summed E-state index contributed by atoms with van der Waals surface area (Å²) in [7, 11) is 0. The zero-order chi connectivity index (χ0) is 12.8. The van der Waals surface area contributed by atoms with Gasteiger partial charge in [0.05, 0.1) is 0 Å².